The van der Waals surface area contributed by atoms with E-state index >= 15 is 0 Å². The highest BCUT2D eigenvalue weighted by Crippen LogP contribution is 2.37. The van der Waals surface area contributed by atoms with Crippen molar-refractivity contribution in [2.75, 3.05) is 6.54 Å². The Labute approximate surface area is 95.0 Å². The average molecular weight is 238 g/mol. The molecule has 1 aliphatic rings. The first-order valence-corrected chi connectivity index (χ1v) is 5.79. The summed E-state index contributed by atoms with van der Waals surface area (Å²) in [6.45, 7) is 5.92. The van der Waals surface area contributed by atoms with Crippen LogP contribution in [0.1, 0.15) is 40.0 Å². The standard InChI is InChI=1S/C11H21F3N2/c1-4-8(15)9(11(12,13)14)16-7-5-6-10(16,2)3/h8-9H,4-7,15H2,1-3H3. The summed E-state index contributed by atoms with van der Waals surface area (Å²) in [4.78, 5) is 1.53. The quantitative estimate of drug-likeness (QED) is 0.818. The normalized spacial score (nSPS) is 25.7. The van der Waals surface area contributed by atoms with E-state index in [-0.39, 0.29) is 0 Å². The largest absolute Gasteiger partial charge is 0.405 e. The van der Waals surface area contributed by atoms with E-state index in [1.165, 1.54) is 4.90 Å². The van der Waals surface area contributed by atoms with Gasteiger partial charge < -0.3 is 5.73 Å². The number of nitrogens with two attached hydrogens (primary N) is 1. The van der Waals surface area contributed by atoms with Crippen LogP contribution < -0.4 is 5.73 Å². The Morgan fingerprint density at radius 1 is 1.38 bits per heavy atom. The number of likely N-dealkylation sites (tertiary alicyclic amines) is 1. The molecule has 1 rings (SSSR count). The van der Waals surface area contributed by atoms with Crippen molar-refractivity contribution < 1.29 is 13.2 Å². The maximum absolute atomic E-state index is 13.0. The molecule has 0 radical (unpaired) electrons. The van der Waals surface area contributed by atoms with Gasteiger partial charge in [0.25, 0.3) is 0 Å². The fourth-order valence-corrected chi connectivity index (χ4v) is 2.52. The topological polar surface area (TPSA) is 29.3 Å². The molecule has 0 amide bonds. The number of rotatable bonds is 3. The SMILES string of the molecule is CCC(N)C(N1CCCC1(C)C)C(F)(F)F. The minimum atomic E-state index is -4.24. The van der Waals surface area contributed by atoms with Crippen molar-refractivity contribution in [1.29, 1.82) is 0 Å². The molecule has 0 aromatic carbocycles. The first-order chi connectivity index (χ1) is 7.20. The van der Waals surface area contributed by atoms with Crippen LogP contribution in [0.2, 0.25) is 0 Å². The van der Waals surface area contributed by atoms with Gasteiger partial charge in [-0.15, -0.1) is 0 Å². The number of alkyl halides is 3. The zero-order valence-corrected chi connectivity index (χ0v) is 10.1. The summed E-state index contributed by atoms with van der Waals surface area (Å²) in [5.74, 6) is 0. The van der Waals surface area contributed by atoms with Crippen LogP contribution in [0, 0.1) is 0 Å². The lowest BCUT2D eigenvalue weighted by Crippen LogP contribution is -2.60. The molecule has 0 aliphatic carbocycles. The summed E-state index contributed by atoms with van der Waals surface area (Å²) in [5.41, 5.74) is 5.25. The van der Waals surface area contributed by atoms with Crippen LogP contribution in [-0.2, 0) is 0 Å². The van der Waals surface area contributed by atoms with Crippen LogP contribution in [0.3, 0.4) is 0 Å². The second kappa shape index (κ2) is 4.53. The van der Waals surface area contributed by atoms with Gasteiger partial charge in [0.05, 0.1) is 0 Å². The molecular formula is C11H21F3N2. The van der Waals surface area contributed by atoms with Crippen LogP contribution in [0.15, 0.2) is 0 Å². The number of halogens is 3. The second-order valence-corrected chi connectivity index (χ2v) is 5.17. The summed E-state index contributed by atoms with van der Waals surface area (Å²) in [5, 5.41) is 0. The molecule has 1 aliphatic heterocycles. The van der Waals surface area contributed by atoms with Gasteiger partial charge >= 0.3 is 6.18 Å². The Morgan fingerprint density at radius 2 is 1.94 bits per heavy atom. The molecule has 0 bridgehead atoms. The second-order valence-electron chi connectivity index (χ2n) is 5.17. The Morgan fingerprint density at radius 3 is 2.25 bits per heavy atom. The maximum atomic E-state index is 13.0. The molecule has 0 saturated carbocycles. The number of nitrogens with zero attached hydrogens (tertiary/aromatic N) is 1. The molecule has 0 aromatic rings. The van der Waals surface area contributed by atoms with Crippen LogP contribution in [0.25, 0.3) is 0 Å². The Kier molecular flexibility index (Phi) is 3.90. The minimum Gasteiger partial charge on any atom is -0.326 e. The predicted molar refractivity (Wildman–Crippen MR) is 58.1 cm³/mol. The van der Waals surface area contributed by atoms with E-state index in [9.17, 15) is 13.2 Å². The molecule has 96 valence electrons. The Hall–Kier alpha value is -0.290. The van der Waals surface area contributed by atoms with E-state index in [1.807, 2.05) is 13.8 Å². The first-order valence-electron chi connectivity index (χ1n) is 5.79. The van der Waals surface area contributed by atoms with E-state index in [1.54, 1.807) is 6.92 Å². The fraction of sp³-hybridized carbons (Fsp3) is 1.00. The summed E-state index contributed by atoms with van der Waals surface area (Å²) < 4.78 is 39.1. The lowest BCUT2D eigenvalue weighted by Gasteiger charge is -2.41. The van der Waals surface area contributed by atoms with Gasteiger partial charge in [-0.25, -0.2) is 0 Å². The number of hydrogen-bond acceptors (Lipinski definition) is 2. The number of hydrogen-bond donors (Lipinski definition) is 1. The van der Waals surface area contributed by atoms with E-state index in [0.717, 1.165) is 12.8 Å². The molecule has 2 nitrogen and oxygen atoms in total. The molecule has 2 atom stereocenters. The molecule has 2 unspecified atom stereocenters. The van der Waals surface area contributed by atoms with E-state index in [4.69, 9.17) is 5.73 Å². The lowest BCUT2D eigenvalue weighted by molar-refractivity contribution is -0.197. The van der Waals surface area contributed by atoms with Gasteiger partial charge in [-0.1, -0.05) is 6.92 Å². The van der Waals surface area contributed by atoms with Crippen molar-refractivity contribution in [2.45, 2.75) is 63.8 Å². The van der Waals surface area contributed by atoms with Gasteiger partial charge in [-0.3, -0.25) is 4.90 Å². The zero-order chi connectivity index (χ0) is 12.6. The van der Waals surface area contributed by atoms with Crippen molar-refractivity contribution in [3.8, 4) is 0 Å². The smallest absolute Gasteiger partial charge is 0.326 e. The van der Waals surface area contributed by atoms with Gasteiger partial charge in [-0.2, -0.15) is 13.2 Å². The highest BCUT2D eigenvalue weighted by molar-refractivity contribution is 4.98. The van der Waals surface area contributed by atoms with Crippen molar-refractivity contribution in [3.63, 3.8) is 0 Å². The third-order valence-corrected chi connectivity index (χ3v) is 3.51. The molecule has 5 heteroatoms. The summed E-state index contributed by atoms with van der Waals surface area (Å²) >= 11 is 0. The molecule has 0 aromatic heterocycles. The van der Waals surface area contributed by atoms with Crippen molar-refractivity contribution in [1.82, 2.24) is 4.90 Å². The zero-order valence-electron chi connectivity index (χ0n) is 10.1. The third-order valence-electron chi connectivity index (χ3n) is 3.51. The summed E-state index contributed by atoms with van der Waals surface area (Å²) in [6.07, 6.45) is -2.28. The Bertz CT molecular complexity index is 238. The predicted octanol–water partition coefficient (Wildman–Crippen LogP) is 2.53. The lowest BCUT2D eigenvalue weighted by atomic mass is 9.96. The van der Waals surface area contributed by atoms with Crippen LogP contribution in [-0.4, -0.2) is 35.2 Å². The average Bonchev–Trinajstić information content (AvgIpc) is 2.44. The van der Waals surface area contributed by atoms with Crippen molar-refractivity contribution in [3.05, 3.63) is 0 Å². The highest BCUT2D eigenvalue weighted by Gasteiger charge is 2.51. The molecule has 1 fully saturated rings. The molecule has 1 saturated heterocycles. The van der Waals surface area contributed by atoms with Gasteiger partial charge in [0.2, 0.25) is 0 Å². The monoisotopic (exact) mass is 238 g/mol. The molecular weight excluding hydrogens is 217 g/mol. The van der Waals surface area contributed by atoms with Gasteiger partial charge in [0, 0.05) is 11.6 Å². The molecule has 1 heterocycles. The van der Waals surface area contributed by atoms with Crippen molar-refractivity contribution >= 4 is 0 Å². The summed E-state index contributed by atoms with van der Waals surface area (Å²) in [6, 6.07) is -2.34. The summed E-state index contributed by atoms with van der Waals surface area (Å²) in [7, 11) is 0. The van der Waals surface area contributed by atoms with E-state index in [2.05, 4.69) is 0 Å². The first kappa shape index (κ1) is 13.8. The minimum absolute atomic E-state index is 0.344. The van der Waals surface area contributed by atoms with E-state index < -0.39 is 23.8 Å². The van der Waals surface area contributed by atoms with Crippen molar-refractivity contribution in [2.24, 2.45) is 5.73 Å². The molecule has 0 spiro atoms. The van der Waals surface area contributed by atoms with Crippen LogP contribution in [0.4, 0.5) is 13.2 Å². The highest BCUT2D eigenvalue weighted by atomic mass is 19.4. The third kappa shape index (κ3) is 2.69. The van der Waals surface area contributed by atoms with Gasteiger partial charge in [-0.05, 0) is 39.7 Å². The molecule has 2 N–H and O–H groups in total. The van der Waals surface area contributed by atoms with E-state index in [0.29, 0.717) is 13.0 Å². The van der Waals surface area contributed by atoms with Gasteiger partial charge in [0.15, 0.2) is 0 Å². The maximum Gasteiger partial charge on any atom is 0.405 e. The Balaban J connectivity index is 2.93. The molecule has 16 heavy (non-hydrogen) atoms. The van der Waals surface area contributed by atoms with Gasteiger partial charge in [0.1, 0.15) is 6.04 Å². The fourth-order valence-electron chi connectivity index (χ4n) is 2.52. The van der Waals surface area contributed by atoms with Crippen LogP contribution in [0.5, 0.6) is 0 Å². The van der Waals surface area contributed by atoms with Crippen LogP contribution >= 0.6 is 0 Å².